The zero-order valence-corrected chi connectivity index (χ0v) is 9.87. The molecular weight excluding hydrogens is 244 g/mol. The number of aliphatic hydroxyl groups is 1. The lowest BCUT2D eigenvalue weighted by Crippen LogP contribution is -2.26. The maximum atomic E-state index is 8.83. The van der Waals surface area contributed by atoms with Crippen LogP contribution >= 0.6 is 15.9 Å². The second kappa shape index (κ2) is 6.11. The standard InChI is InChI=1S/C10H15BrN2O/c1-2-13(3-4-14)8-9-5-10(11)7-12-6-9/h5-7,14H,2-4,8H2,1H3. The summed E-state index contributed by atoms with van der Waals surface area (Å²) in [5.41, 5.74) is 1.16. The number of rotatable bonds is 5. The average molecular weight is 259 g/mol. The minimum Gasteiger partial charge on any atom is -0.395 e. The van der Waals surface area contributed by atoms with E-state index in [4.69, 9.17) is 5.11 Å². The van der Waals surface area contributed by atoms with Gasteiger partial charge in [-0.1, -0.05) is 6.92 Å². The number of halogens is 1. The first-order valence-corrected chi connectivity index (χ1v) is 5.48. The maximum absolute atomic E-state index is 8.83. The third kappa shape index (κ3) is 3.74. The highest BCUT2D eigenvalue weighted by molar-refractivity contribution is 9.10. The Morgan fingerprint density at radius 1 is 1.50 bits per heavy atom. The van der Waals surface area contributed by atoms with Crippen molar-refractivity contribution in [1.82, 2.24) is 9.88 Å². The van der Waals surface area contributed by atoms with E-state index in [1.165, 1.54) is 0 Å². The van der Waals surface area contributed by atoms with Gasteiger partial charge in [-0.25, -0.2) is 0 Å². The molecule has 0 aliphatic heterocycles. The van der Waals surface area contributed by atoms with E-state index in [0.717, 1.165) is 23.1 Å². The fraction of sp³-hybridized carbons (Fsp3) is 0.500. The van der Waals surface area contributed by atoms with E-state index in [2.05, 4.69) is 32.7 Å². The van der Waals surface area contributed by atoms with Crippen LogP contribution in [0.25, 0.3) is 0 Å². The molecule has 0 saturated heterocycles. The van der Waals surface area contributed by atoms with Gasteiger partial charge in [0.15, 0.2) is 0 Å². The molecule has 0 aliphatic rings. The summed E-state index contributed by atoms with van der Waals surface area (Å²) >= 11 is 3.38. The number of pyridine rings is 1. The Morgan fingerprint density at radius 3 is 2.86 bits per heavy atom. The van der Waals surface area contributed by atoms with Crippen LogP contribution in [0.5, 0.6) is 0 Å². The van der Waals surface area contributed by atoms with Gasteiger partial charge in [0.2, 0.25) is 0 Å². The van der Waals surface area contributed by atoms with Crippen molar-refractivity contribution in [3.63, 3.8) is 0 Å². The molecule has 1 rings (SSSR count). The van der Waals surface area contributed by atoms with Gasteiger partial charge in [0.1, 0.15) is 0 Å². The molecule has 1 heterocycles. The summed E-state index contributed by atoms with van der Waals surface area (Å²) in [6, 6.07) is 2.05. The molecule has 0 spiro atoms. The molecular formula is C10H15BrN2O. The minimum absolute atomic E-state index is 0.204. The van der Waals surface area contributed by atoms with E-state index in [0.29, 0.717) is 6.54 Å². The van der Waals surface area contributed by atoms with Crippen molar-refractivity contribution in [3.8, 4) is 0 Å². The molecule has 4 heteroatoms. The van der Waals surface area contributed by atoms with Gasteiger partial charge in [-0.15, -0.1) is 0 Å². The molecule has 0 aromatic carbocycles. The van der Waals surface area contributed by atoms with E-state index in [1.54, 1.807) is 6.20 Å². The Hall–Kier alpha value is -0.450. The Labute approximate surface area is 92.9 Å². The average Bonchev–Trinajstić information content (AvgIpc) is 2.17. The zero-order chi connectivity index (χ0) is 10.4. The fourth-order valence-corrected chi connectivity index (χ4v) is 1.70. The second-order valence-corrected chi connectivity index (χ2v) is 4.02. The van der Waals surface area contributed by atoms with Crippen LogP contribution in [0.3, 0.4) is 0 Å². The first-order chi connectivity index (χ1) is 6.76. The van der Waals surface area contributed by atoms with Gasteiger partial charge < -0.3 is 5.11 Å². The van der Waals surface area contributed by atoms with E-state index < -0.39 is 0 Å². The predicted molar refractivity (Wildman–Crippen MR) is 60.0 cm³/mol. The second-order valence-electron chi connectivity index (χ2n) is 3.10. The van der Waals surface area contributed by atoms with E-state index >= 15 is 0 Å². The first kappa shape index (κ1) is 11.6. The quantitative estimate of drug-likeness (QED) is 0.873. The normalized spacial score (nSPS) is 10.9. The molecule has 3 nitrogen and oxygen atoms in total. The monoisotopic (exact) mass is 258 g/mol. The van der Waals surface area contributed by atoms with Crippen LogP contribution in [0, 0.1) is 0 Å². The smallest absolute Gasteiger partial charge is 0.0558 e. The topological polar surface area (TPSA) is 36.4 Å². The van der Waals surface area contributed by atoms with Crippen molar-refractivity contribution in [1.29, 1.82) is 0 Å². The highest BCUT2D eigenvalue weighted by atomic mass is 79.9. The van der Waals surface area contributed by atoms with Crippen LogP contribution in [-0.2, 0) is 6.54 Å². The van der Waals surface area contributed by atoms with Gasteiger partial charge in [-0.3, -0.25) is 9.88 Å². The molecule has 1 N–H and O–H groups in total. The van der Waals surface area contributed by atoms with Crippen molar-refractivity contribution < 1.29 is 5.11 Å². The van der Waals surface area contributed by atoms with Crippen LogP contribution in [0.1, 0.15) is 12.5 Å². The molecule has 14 heavy (non-hydrogen) atoms. The molecule has 0 amide bonds. The molecule has 78 valence electrons. The molecule has 0 saturated carbocycles. The number of aliphatic hydroxyl groups excluding tert-OH is 1. The molecule has 0 bridgehead atoms. The summed E-state index contributed by atoms with van der Waals surface area (Å²) in [6.07, 6.45) is 3.62. The van der Waals surface area contributed by atoms with Gasteiger partial charge >= 0.3 is 0 Å². The van der Waals surface area contributed by atoms with Gasteiger partial charge in [0, 0.05) is 30.0 Å². The summed E-state index contributed by atoms with van der Waals surface area (Å²) in [6.45, 7) is 4.77. The zero-order valence-electron chi connectivity index (χ0n) is 8.28. The summed E-state index contributed by atoms with van der Waals surface area (Å²) < 4.78 is 0.995. The van der Waals surface area contributed by atoms with Crippen molar-refractivity contribution in [2.75, 3.05) is 19.7 Å². The molecule has 1 aromatic heterocycles. The van der Waals surface area contributed by atoms with Gasteiger partial charge in [0.05, 0.1) is 6.61 Å². The molecule has 0 aliphatic carbocycles. The van der Waals surface area contributed by atoms with Gasteiger partial charge in [-0.2, -0.15) is 0 Å². The first-order valence-electron chi connectivity index (χ1n) is 4.69. The van der Waals surface area contributed by atoms with Gasteiger partial charge in [0.25, 0.3) is 0 Å². The number of aromatic nitrogens is 1. The van der Waals surface area contributed by atoms with Crippen LogP contribution < -0.4 is 0 Å². The number of nitrogens with zero attached hydrogens (tertiary/aromatic N) is 2. The molecule has 0 unspecified atom stereocenters. The van der Waals surface area contributed by atoms with E-state index in [9.17, 15) is 0 Å². The third-order valence-electron chi connectivity index (χ3n) is 2.03. The summed E-state index contributed by atoms with van der Waals surface area (Å²) in [5, 5.41) is 8.83. The van der Waals surface area contributed by atoms with E-state index in [1.807, 2.05) is 12.3 Å². The van der Waals surface area contributed by atoms with Gasteiger partial charge in [-0.05, 0) is 34.1 Å². The van der Waals surface area contributed by atoms with Crippen LogP contribution in [0.15, 0.2) is 22.9 Å². The lowest BCUT2D eigenvalue weighted by molar-refractivity contribution is 0.196. The molecule has 0 atom stereocenters. The Balaban J connectivity index is 2.57. The van der Waals surface area contributed by atoms with Crippen LogP contribution in [0.2, 0.25) is 0 Å². The highest BCUT2D eigenvalue weighted by Gasteiger charge is 2.03. The summed E-state index contributed by atoms with van der Waals surface area (Å²) in [4.78, 5) is 6.27. The lowest BCUT2D eigenvalue weighted by Gasteiger charge is -2.18. The molecule has 0 fully saturated rings. The summed E-state index contributed by atoms with van der Waals surface area (Å²) in [7, 11) is 0. The Bertz CT molecular complexity index is 281. The van der Waals surface area contributed by atoms with Crippen LogP contribution in [0.4, 0.5) is 0 Å². The Kier molecular flexibility index (Phi) is 5.07. The van der Waals surface area contributed by atoms with Crippen molar-refractivity contribution in [3.05, 3.63) is 28.5 Å². The largest absolute Gasteiger partial charge is 0.395 e. The van der Waals surface area contributed by atoms with Crippen LogP contribution in [-0.4, -0.2) is 34.7 Å². The van der Waals surface area contributed by atoms with E-state index in [-0.39, 0.29) is 6.61 Å². The van der Waals surface area contributed by atoms with Crippen molar-refractivity contribution in [2.24, 2.45) is 0 Å². The minimum atomic E-state index is 0.204. The highest BCUT2D eigenvalue weighted by Crippen LogP contribution is 2.11. The fourth-order valence-electron chi connectivity index (χ4n) is 1.29. The predicted octanol–water partition coefficient (Wildman–Crippen LogP) is 1.66. The molecule has 0 radical (unpaired) electrons. The Morgan fingerprint density at radius 2 is 2.29 bits per heavy atom. The van der Waals surface area contributed by atoms with Crippen molar-refractivity contribution in [2.45, 2.75) is 13.5 Å². The number of hydrogen-bond acceptors (Lipinski definition) is 3. The lowest BCUT2D eigenvalue weighted by atomic mass is 10.2. The summed E-state index contributed by atoms with van der Waals surface area (Å²) in [5.74, 6) is 0. The SMILES string of the molecule is CCN(CCO)Cc1cncc(Br)c1. The third-order valence-corrected chi connectivity index (χ3v) is 2.46. The molecule has 1 aromatic rings. The van der Waals surface area contributed by atoms with Crippen molar-refractivity contribution >= 4 is 15.9 Å². The number of hydrogen-bond donors (Lipinski definition) is 1. The number of likely N-dealkylation sites (N-methyl/N-ethyl adjacent to an activating group) is 1. The maximum Gasteiger partial charge on any atom is 0.0558 e.